The summed E-state index contributed by atoms with van der Waals surface area (Å²) < 4.78 is 20.6. The summed E-state index contributed by atoms with van der Waals surface area (Å²) in [5.74, 6) is -0.102. The zero-order valence-corrected chi connectivity index (χ0v) is 47.5. The topological polar surface area (TPSA) is 207 Å². The van der Waals surface area contributed by atoms with E-state index >= 15 is 0 Å². The highest BCUT2D eigenvalue weighted by molar-refractivity contribution is 6.31. The van der Waals surface area contributed by atoms with Gasteiger partial charge in [0.2, 0.25) is 11.8 Å². The van der Waals surface area contributed by atoms with Gasteiger partial charge in [-0.15, -0.1) is 0 Å². The molecule has 8 amide bonds. The monoisotopic (exact) mass is 1100 g/mol. The van der Waals surface area contributed by atoms with Gasteiger partial charge in [-0.2, -0.15) is 0 Å². The Morgan fingerprint density at radius 3 is 1.12 bits per heavy atom. The fourth-order valence-electron chi connectivity index (χ4n) is 11.8. The number of methoxy groups -OCH3 is 4. The van der Waals surface area contributed by atoms with Gasteiger partial charge in [-0.05, 0) is 93.8 Å². The van der Waals surface area contributed by atoms with Crippen LogP contribution in [-0.4, -0.2) is 125 Å². The number of carbonyl (C=O) groups is 8. The van der Waals surface area contributed by atoms with Crippen molar-refractivity contribution >= 4 is 54.0 Å². The SMILES string of the molecule is C1CCCCC1.COc1ccc(C=C2C(=O)N(C3CCCCC3)C(=O)N(C3CCCCC3)C2=O)c(OC)c1.COc1ccc(C=O)c(OC)c1.O=C(O)c1ccccc1.O=C1CC(=O)N(C2CCCCC2)C(=O)N1C1CCCCC1. The molecule has 3 aromatic carbocycles. The van der Waals surface area contributed by atoms with E-state index in [1.807, 2.05) is 0 Å². The molecule has 5 aliphatic carbocycles. The minimum absolute atomic E-state index is 0.0120. The van der Waals surface area contributed by atoms with Crippen LogP contribution in [0.4, 0.5) is 9.59 Å². The molecule has 0 spiro atoms. The van der Waals surface area contributed by atoms with Gasteiger partial charge in [0.15, 0.2) is 6.29 Å². The Hall–Kier alpha value is -7.04. The molecule has 0 atom stereocenters. The minimum atomic E-state index is -0.879. The van der Waals surface area contributed by atoms with E-state index in [-0.39, 0.29) is 54.0 Å². The van der Waals surface area contributed by atoms with Crippen molar-refractivity contribution in [2.75, 3.05) is 28.4 Å². The number of hydrogen-bond acceptors (Lipinski definition) is 12. The van der Waals surface area contributed by atoms with Gasteiger partial charge >= 0.3 is 18.0 Å². The van der Waals surface area contributed by atoms with Crippen molar-refractivity contribution in [2.24, 2.45) is 0 Å². The number of nitrogens with zero attached hydrogens (tertiary/aromatic N) is 4. The van der Waals surface area contributed by atoms with Crippen LogP contribution in [0.15, 0.2) is 72.3 Å². The molecule has 0 radical (unpaired) electrons. The van der Waals surface area contributed by atoms with E-state index in [2.05, 4.69) is 0 Å². The smallest absolute Gasteiger partial charge is 0.335 e. The van der Waals surface area contributed by atoms with Crippen LogP contribution in [0.2, 0.25) is 0 Å². The number of ether oxygens (including phenoxy) is 4. The Balaban J connectivity index is 0.000000183. The lowest BCUT2D eigenvalue weighted by atomic mass is 9.90. The fraction of sp³-hybridized carbons (Fsp3) is 0.556. The van der Waals surface area contributed by atoms with Crippen LogP contribution in [0.3, 0.4) is 0 Å². The largest absolute Gasteiger partial charge is 0.497 e. The maximum absolute atomic E-state index is 13.5. The lowest BCUT2D eigenvalue weighted by molar-refractivity contribution is -0.146. The first-order valence-electron chi connectivity index (χ1n) is 29.1. The Bertz CT molecular complexity index is 2480. The number of rotatable bonds is 11. The molecule has 2 saturated heterocycles. The number of barbiturate groups is 2. The average Bonchev–Trinajstić information content (AvgIpc) is 3.50. The van der Waals surface area contributed by atoms with Crippen LogP contribution in [0.25, 0.3) is 6.08 Å². The van der Waals surface area contributed by atoms with Crippen LogP contribution >= 0.6 is 0 Å². The van der Waals surface area contributed by atoms with Crippen molar-refractivity contribution in [1.29, 1.82) is 0 Å². The van der Waals surface area contributed by atoms with Crippen molar-refractivity contribution in [3.8, 4) is 23.0 Å². The fourth-order valence-corrected chi connectivity index (χ4v) is 11.8. The molecule has 7 aliphatic rings. The maximum atomic E-state index is 13.5. The first-order chi connectivity index (χ1) is 38.8. The highest BCUT2D eigenvalue weighted by atomic mass is 16.5. The van der Waals surface area contributed by atoms with Gasteiger partial charge in [-0.3, -0.25) is 43.6 Å². The van der Waals surface area contributed by atoms with Gasteiger partial charge in [-0.25, -0.2) is 14.4 Å². The molecule has 0 bridgehead atoms. The van der Waals surface area contributed by atoms with E-state index < -0.39 is 23.8 Å². The predicted molar refractivity (Wildman–Crippen MR) is 304 cm³/mol. The van der Waals surface area contributed by atoms with Crippen molar-refractivity contribution in [3.63, 3.8) is 0 Å². The van der Waals surface area contributed by atoms with E-state index in [9.17, 15) is 38.4 Å². The molecule has 2 heterocycles. The van der Waals surface area contributed by atoms with Crippen molar-refractivity contribution in [1.82, 2.24) is 19.6 Å². The van der Waals surface area contributed by atoms with Crippen LogP contribution < -0.4 is 18.9 Å². The molecule has 17 nitrogen and oxygen atoms in total. The Morgan fingerprint density at radius 2 is 0.787 bits per heavy atom. The normalized spacial score (nSPS) is 19.6. The standard InChI is InChI=1S/C25H32N2O5.C16H24N2O3.C9H10O3.C7H6O2.C6H12/c1-31-20-14-13-17(22(16-20)32-2)15-21-23(28)26(18-9-5-3-6-10-18)25(30)27(24(21)29)19-11-7-4-8-12-19;19-14-11-15(20)18(13-9-5-2-6-10-13)16(21)17(14)12-7-3-1-4-8-12;1-11-8-4-3-7(6-10)9(5-8)12-2;8-7(9)6-4-2-1-3-5-6;1-2-4-6-5-3-1/h13-16,18-19H,3-12H2,1-2H3;12-13H,1-11H2;3-6H,1-2H3;1-5H,(H,8,9);1-6H2. The van der Waals surface area contributed by atoms with Gasteiger partial charge in [0.25, 0.3) is 11.8 Å². The Morgan fingerprint density at radius 1 is 0.450 bits per heavy atom. The molecular formula is C63H84N4O13. The number of amides is 8. The molecule has 3 aromatic rings. The number of imide groups is 4. The summed E-state index contributed by atoms with van der Waals surface area (Å²) in [5.41, 5.74) is 1.49. The summed E-state index contributed by atoms with van der Waals surface area (Å²) in [7, 11) is 6.18. The highest BCUT2D eigenvalue weighted by Crippen LogP contribution is 2.36. The van der Waals surface area contributed by atoms with E-state index in [1.54, 1.807) is 87.0 Å². The molecule has 2 aliphatic heterocycles. The summed E-state index contributed by atoms with van der Waals surface area (Å²) in [6.45, 7) is 0. The number of carbonyl (C=O) groups excluding carboxylic acids is 7. The average molecular weight is 1110 g/mol. The van der Waals surface area contributed by atoms with Gasteiger partial charge in [0.1, 0.15) is 35.0 Å². The molecule has 5 saturated carbocycles. The predicted octanol–water partition coefficient (Wildman–Crippen LogP) is 12.6. The summed E-state index contributed by atoms with van der Waals surface area (Å²) in [5, 5.41) is 8.38. The van der Waals surface area contributed by atoms with Crippen molar-refractivity contribution in [3.05, 3.63) is 89.0 Å². The lowest BCUT2D eigenvalue weighted by Gasteiger charge is -2.43. The number of benzene rings is 3. The summed E-state index contributed by atoms with van der Waals surface area (Å²) in [4.78, 5) is 104. The highest BCUT2D eigenvalue weighted by Gasteiger charge is 2.48. The zero-order chi connectivity index (χ0) is 57.4. The van der Waals surface area contributed by atoms with Crippen LogP contribution in [0, 0.1) is 0 Å². The van der Waals surface area contributed by atoms with Gasteiger partial charge in [-0.1, -0.05) is 134 Å². The summed E-state index contributed by atoms with van der Waals surface area (Å²) in [6.07, 6.45) is 30.8. The third-order valence-corrected chi connectivity index (χ3v) is 16.2. The number of aromatic carboxylic acids is 1. The van der Waals surface area contributed by atoms with Crippen molar-refractivity contribution in [2.45, 2.75) is 198 Å². The third kappa shape index (κ3) is 17.0. The van der Waals surface area contributed by atoms with Crippen molar-refractivity contribution < 1.29 is 62.4 Å². The first kappa shape index (κ1) is 62.2. The van der Waals surface area contributed by atoms with E-state index in [0.29, 0.717) is 39.7 Å². The minimum Gasteiger partial charge on any atom is -0.497 e. The molecular weight excluding hydrogens is 1020 g/mol. The van der Waals surface area contributed by atoms with Gasteiger partial charge < -0.3 is 24.1 Å². The molecule has 10 rings (SSSR count). The van der Waals surface area contributed by atoms with Gasteiger partial charge in [0, 0.05) is 41.9 Å². The molecule has 1 N–H and O–H groups in total. The molecule has 80 heavy (non-hydrogen) atoms. The molecule has 7 fully saturated rings. The molecule has 434 valence electrons. The van der Waals surface area contributed by atoms with E-state index in [1.165, 1.54) is 85.2 Å². The number of carboxylic acids is 1. The maximum Gasteiger partial charge on any atom is 0.335 e. The number of hydrogen-bond donors (Lipinski definition) is 1. The first-order valence-corrected chi connectivity index (χ1v) is 29.1. The number of carboxylic acid groups (broad SMARTS) is 1. The quantitative estimate of drug-likeness (QED) is 0.0822. The van der Waals surface area contributed by atoms with E-state index in [0.717, 1.165) is 122 Å². The van der Waals surface area contributed by atoms with Gasteiger partial charge in [0.05, 0.1) is 39.6 Å². The Labute approximate surface area is 472 Å². The molecule has 0 aromatic heterocycles. The Kier molecular flexibility index (Phi) is 25.1. The summed E-state index contributed by atoms with van der Waals surface area (Å²) in [6, 6.07) is 17.5. The molecule has 17 heteroatoms. The lowest BCUT2D eigenvalue weighted by Crippen LogP contribution is -2.62. The third-order valence-electron chi connectivity index (χ3n) is 16.2. The van der Waals surface area contributed by atoms with E-state index in [4.69, 9.17) is 24.1 Å². The molecule has 0 unspecified atom stereocenters. The second-order valence-electron chi connectivity index (χ2n) is 21.5. The second-order valence-corrected chi connectivity index (χ2v) is 21.5. The number of urea groups is 2. The second kappa shape index (κ2) is 32.3. The summed E-state index contributed by atoms with van der Waals surface area (Å²) >= 11 is 0. The number of aldehydes is 1. The zero-order valence-electron chi connectivity index (χ0n) is 47.5. The van der Waals surface area contributed by atoms with Crippen LogP contribution in [-0.2, 0) is 19.2 Å². The van der Waals surface area contributed by atoms with Crippen LogP contribution in [0.1, 0.15) is 200 Å². The van der Waals surface area contributed by atoms with Crippen LogP contribution in [0.5, 0.6) is 23.0 Å².